The summed E-state index contributed by atoms with van der Waals surface area (Å²) in [4.78, 5) is 29.3. The Morgan fingerprint density at radius 3 is 2.21 bits per heavy atom. The maximum atomic E-state index is 13.8. The standard InChI is InChI=1S/C33H39BrN2O3/c1-24(2)27-15-19-30(20-16-27)39-23-32(37)36(22-26-13-17-28(34)18-14-26)31(21-25-9-5-3-6-10-25)33(38)35-29-11-7-4-8-12-29/h3,5-6,9-10,13-20,24,29,31H,4,7-8,11-12,21-23H2,1-2H3,(H,35,38)/t31-/m0/s1. The molecule has 1 aliphatic carbocycles. The first kappa shape index (κ1) is 28.9. The van der Waals surface area contributed by atoms with Gasteiger partial charge in [-0.25, -0.2) is 0 Å². The van der Waals surface area contributed by atoms with Crippen molar-refractivity contribution in [3.8, 4) is 5.75 Å². The van der Waals surface area contributed by atoms with E-state index in [-0.39, 0.29) is 24.5 Å². The first-order chi connectivity index (χ1) is 18.9. The van der Waals surface area contributed by atoms with Crippen molar-refractivity contribution < 1.29 is 14.3 Å². The van der Waals surface area contributed by atoms with E-state index < -0.39 is 6.04 Å². The SMILES string of the molecule is CC(C)c1ccc(OCC(=O)N(Cc2ccc(Br)cc2)[C@@H](Cc2ccccc2)C(=O)NC2CCCCC2)cc1. The molecule has 0 aromatic heterocycles. The molecule has 0 spiro atoms. The fourth-order valence-electron chi connectivity index (χ4n) is 5.06. The molecule has 3 aromatic carbocycles. The van der Waals surface area contributed by atoms with Gasteiger partial charge in [-0.2, -0.15) is 0 Å². The lowest BCUT2D eigenvalue weighted by molar-refractivity contribution is -0.143. The lowest BCUT2D eigenvalue weighted by atomic mass is 9.94. The quantitative estimate of drug-likeness (QED) is 0.260. The minimum absolute atomic E-state index is 0.0995. The van der Waals surface area contributed by atoms with Gasteiger partial charge < -0.3 is 15.0 Å². The van der Waals surface area contributed by atoms with Gasteiger partial charge in [0.05, 0.1) is 0 Å². The molecule has 1 atom stereocenters. The van der Waals surface area contributed by atoms with Gasteiger partial charge in [0.2, 0.25) is 5.91 Å². The van der Waals surface area contributed by atoms with Gasteiger partial charge in [-0.15, -0.1) is 0 Å². The van der Waals surface area contributed by atoms with Crippen LogP contribution in [0.1, 0.15) is 68.6 Å². The largest absolute Gasteiger partial charge is 0.484 e. The van der Waals surface area contributed by atoms with Crippen molar-refractivity contribution in [2.75, 3.05) is 6.61 Å². The van der Waals surface area contributed by atoms with E-state index in [4.69, 9.17) is 4.74 Å². The van der Waals surface area contributed by atoms with Crippen molar-refractivity contribution in [3.05, 3.63) is 100 Å². The summed E-state index contributed by atoms with van der Waals surface area (Å²) >= 11 is 3.49. The van der Waals surface area contributed by atoms with Gasteiger partial charge in [0.15, 0.2) is 6.61 Å². The Kier molecular flexibility index (Phi) is 10.6. The van der Waals surface area contributed by atoms with Crippen molar-refractivity contribution in [1.29, 1.82) is 0 Å². The van der Waals surface area contributed by atoms with Crippen LogP contribution in [-0.4, -0.2) is 35.4 Å². The van der Waals surface area contributed by atoms with Gasteiger partial charge >= 0.3 is 0 Å². The van der Waals surface area contributed by atoms with Crippen LogP contribution in [0.4, 0.5) is 0 Å². The molecule has 0 saturated heterocycles. The number of carbonyl (C=O) groups is 2. The Morgan fingerprint density at radius 1 is 0.897 bits per heavy atom. The first-order valence-corrected chi connectivity index (χ1v) is 14.8. The zero-order valence-corrected chi connectivity index (χ0v) is 24.5. The van der Waals surface area contributed by atoms with Gasteiger partial charge in [-0.1, -0.05) is 104 Å². The third kappa shape index (κ3) is 8.69. The van der Waals surface area contributed by atoms with Gasteiger partial charge in [-0.3, -0.25) is 9.59 Å². The number of rotatable bonds is 11. The molecule has 1 N–H and O–H groups in total. The second kappa shape index (κ2) is 14.3. The summed E-state index contributed by atoms with van der Waals surface area (Å²) in [6.07, 6.45) is 5.87. The molecule has 0 radical (unpaired) electrons. The summed E-state index contributed by atoms with van der Waals surface area (Å²) in [7, 11) is 0. The van der Waals surface area contributed by atoms with Crippen LogP contribution in [0.15, 0.2) is 83.3 Å². The predicted molar refractivity (Wildman–Crippen MR) is 160 cm³/mol. The summed E-state index contributed by atoms with van der Waals surface area (Å²) in [6, 6.07) is 25.2. The predicted octanol–water partition coefficient (Wildman–Crippen LogP) is 7.04. The monoisotopic (exact) mass is 590 g/mol. The normalized spacial score (nSPS) is 14.6. The third-order valence-electron chi connectivity index (χ3n) is 7.40. The number of halogens is 1. The number of amides is 2. The van der Waals surface area contributed by atoms with E-state index in [9.17, 15) is 9.59 Å². The second-order valence-electron chi connectivity index (χ2n) is 10.7. The Morgan fingerprint density at radius 2 is 1.56 bits per heavy atom. The zero-order chi connectivity index (χ0) is 27.6. The molecule has 1 aliphatic rings. The van der Waals surface area contributed by atoms with E-state index in [0.717, 1.165) is 41.3 Å². The number of nitrogens with zero attached hydrogens (tertiary/aromatic N) is 1. The minimum atomic E-state index is -0.655. The number of hydrogen-bond donors (Lipinski definition) is 1. The summed E-state index contributed by atoms with van der Waals surface area (Å²) in [5.41, 5.74) is 3.18. The average molecular weight is 592 g/mol. The molecule has 0 unspecified atom stereocenters. The molecule has 206 valence electrons. The van der Waals surface area contributed by atoms with Gasteiger partial charge in [0, 0.05) is 23.5 Å². The maximum absolute atomic E-state index is 13.8. The molecule has 5 nitrogen and oxygen atoms in total. The molecule has 0 aliphatic heterocycles. The molecule has 0 bridgehead atoms. The van der Waals surface area contributed by atoms with E-state index in [1.54, 1.807) is 4.90 Å². The molecule has 3 aromatic rings. The fourth-order valence-corrected chi connectivity index (χ4v) is 5.33. The van der Waals surface area contributed by atoms with E-state index in [0.29, 0.717) is 24.6 Å². The van der Waals surface area contributed by atoms with Crippen molar-refractivity contribution in [3.63, 3.8) is 0 Å². The number of carbonyl (C=O) groups excluding carboxylic acids is 2. The lowest BCUT2D eigenvalue weighted by Crippen LogP contribution is -2.53. The smallest absolute Gasteiger partial charge is 0.261 e. The molecular weight excluding hydrogens is 552 g/mol. The highest BCUT2D eigenvalue weighted by molar-refractivity contribution is 9.10. The molecule has 1 saturated carbocycles. The Hall–Kier alpha value is -3.12. The van der Waals surface area contributed by atoms with Crippen LogP contribution in [-0.2, 0) is 22.6 Å². The molecule has 1 fully saturated rings. The Labute approximate surface area is 241 Å². The highest BCUT2D eigenvalue weighted by atomic mass is 79.9. The van der Waals surface area contributed by atoms with E-state index in [1.807, 2.05) is 78.9 Å². The van der Waals surface area contributed by atoms with Gasteiger partial charge in [0.25, 0.3) is 5.91 Å². The third-order valence-corrected chi connectivity index (χ3v) is 7.93. The first-order valence-electron chi connectivity index (χ1n) is 14.0. The van der Waals surface area contributed by atoms with E-state index >= 15 is 0 Å². The van der Waals surface area contributed by atoms with E-state index in [2.05, 4.69) is 35.1 Å². The molecular formula is C33H39BrN2O3. The van der Waals surface area contributed by atoms with Crippen molar-refractivity contribution in [2.45, 2.75) is 76.9 Å². The second-order valence-corrected chi connectivity index (χ2v) is 11.6. The summed E-state index contributed by atoms with van der Waals surface area (Å²) in [5, 5.41) is 3.28. The van der Waals surface area contributed by atoms with Gasteiger partial charge in [-0.05, 0) is 59.7 Å². The number of hydrogen-bond acceptors (Lipinski definition) is 3. The van der Waals surface area contributed by atoms with Crippen molar-refractivity contribution in [2.24, 2.45) is 0 Å². The molecule has 0 heterocycles. The topological polar surface area (TPSA) is 58.6 Å². The van der Waals surface area contributed by atoms with Gasteiger partial charge in [0.1, 0.15) is 11.8 Å². The Balaban J connectivity index is 1.58. The van der Waals surface area contributed by atoms with Crippen LogP contribution in [0, 0.1) is 0 Å². The number of nitrogens with one attached hydrogen (secondary N) is 1. The summed E-state index contributed by atoms with van der Waals surface area (Å²) in [6.45, 7) is 4.46. The highest BCUT2D eigenvalue weighted by Gasteiger charge is 2.32. The number of benzene rings is 3. The highest BCUT2D eigenvalue weighted by Crippen LogP contribution is 2.22. The summed E-state index contributed by atoms with van der Waals surface area (Å²) < 4.78 is 6.91. The van der Waals surface area contributed by atoms with Crippen LogP contribution >= 0.6 is 15.9 Å². The lowest BCUT2D eigenvalue weighted by Gasteiger charge is -2.33. The van der Waals surface area contributed by atoms with E-state index in [1.165, 1.54) is 12.0 Å². The van der Waals surface area contributed by atoms with Crippen LogP contribution in [0.5, 0.6) is 5.75 Å². The number of ether oxygens (including phenoxy) is 1. The van der Waals surface area contributed by atoms with Crippen LogP contribution in [0.2, 0.25) is 0 Å². The Bertz CT molecular complexity index is 1190. The molecule has 4 rings (SSSR count). The van der Waals surface area contributed by atoms with Crippen LogP contribution in [0.3, 0.4) is 0 Å². The fraction of sp³-hybridized carbons (Fsp3) is 0.394. The molecule has 6 heteroatoms. The van der Waals surface area contributed by atoms with Crippen molar-refractivity contribution in [1.82, 2.24) is 10.2 Å². The summed E-state index contributed by atoms with van der Waals surface area (Å²) in [5.74, 6) is 0.745. The zero-order valence-electron chi connectivity index (χ0n) is 22.9. The average Bonchev–Trinajstić information content (AvgIpc) is 2.96. The van der Waals surface area contributed by atoms with Crippen LogP contribution < -0.4 is 10.1 Å². The molecule has 39 heavy (non-hydrogen) atoms. The van der Waals surface area contributed by atoms with Crippen LogP contribution in [0.25, 0.3) is 0 Å². The minimum Gasteiger partial charge on any atom is -0.484 e. The van der Waals surface area contributed by atoms with Crippen molar-refractivity contribution >= 4 is 27.7 Å². The molecule has 2 amide bonds. The maximum Gasteiger partial charge on any atom is 0.261 e.